The van der Waals surface area contributed by atoms with E-state index in [0.717, 1.165) is 6.42 Å². The molecule has 0 radical (unpaired) electrons. The fourth-order valence-corrected chi connectivity index (χ4v) is 3.76. The van der Waals surface area contributed by atoms with Crippen LogP contribution in [0.25, 0.3) is 10.9 Å². The molecular formula is C18H21ClN4O2S. The Morgan fingerprint density at radius 3 is 2.69 bits per heavy atom. The van der Waals surface area contributed by atoms with E-state index in [9.17, 15) is 4.79 Å². The highest BCUT2D eigenvalue weighted by Gasteiger charge is 2.16. The fraction of sp³-hybridized carbons (Fsp3) is 0.444. The molecule has 6 nitrogen and oxygen atoms in total. The van der Waals surface area contributed by atoms with Crippen molar-refractivity contribution in [2.24, 2.45) is 5.92 Å². The van der Waals surface area contributed by atoms with Gasteiger partial charge in [0, 0.05) is 17.5 Å². The Hall–Kier alpha value is -1.86. The van der Waals surface area contributed by atoms with Gasteiger partial charge in [-0.05, 0) is 38.0 Å². The molecule has 0 aliphatic carbocycles. The first-order valence-corrected chi connectivity index (χ1v) is 9.87. The van der Waals surface area contributed by atoms with E-state index >= 15 is 0 Å². The van der Waals surface area contributed by atoms with Crippen molar-refractivity contribution >= 4 is 34.3 Å². The van der Waals surface area contributed by atoms with Gasteiger partial charge < -0.3 is 4.52 Å². The van der Waals surface area contributed by atoms with Crippen molar-refractivity contribution in [2.75, 3.05) is 0 Å². The van der Waals surface area contributed by atoms with Crippen LogP contribution in [0.4, 0.5) is 0 Å². The largest absolute Gasteiger partial charge is 0.338 e. The van der Waals surface area contributed by atoms with E-state index < -0.39 is 0 Å². The Morgan fingerprint density at radius 2 is 2.00 bits per heavy atom. The van der Waals surface area contributed by atoms with Crippen molar-refractivity contribution in [1.29, 1.82) is 0 Å². The molecule has 2 heterocycles. The van der Waals surface area contributed by atoms with E-state index in [0.29, 0.717) is 44.5 Å². The number of halogens is 1. The van der Waals surface area contributed by atoms with Crippen molar-refractivity contribution < 1.29 is 4.52 Å². The third-order valence-electron chi connectivity index (χ3n) is 3.77. The minimum Gasteiger partial charge on any atom is -0.338 e. The van der Waals surface area contributed by atoms with Crippen LogP contribution in [0, 0.1) is 5.92 Å². The monoisotopic (exact) mass is 392 g/mol. The normalized spacial score (nSPS) is 11.8. The van der Waals surface area contributed by atoms with Crippen molar-refractivity contribution in [1.82, 2.24) is 19.7 Å². The lowest BCUT2D eigenvalue weighted by molar-refractivity contribution is 0.382. The number of nitrogens with zero attached hydrogens (tertiary/aromatic N) is 4. The number of hydrogen-bond donors (Lipinski definition) is 0. The smallest absolute Gasteiger partial charge is 0.262 e. The molecule has 138 valence electrons. The van der Waals surface area contributed by atoms with Crippen LogP contribution in [0.15, 0.2) is 32.7 Å². The van der Waals surface area contributed by atoms with E-state index in [1.165, 1.54) is 11.8 Å². The fourth-order valence-electron chi connectivity index (χ4n) is 2.63. The molecule has 0 saturated carbocycles. The number of fused-ring (bicyclic) bond motifs is 1. The Morgan fingerprint density at radius 1 is 1.23 bits per heavy atom. The SMILES string of the molecule is CC(C)Cc1noc(CSc2nc3cc(Cl)ccc3c(=O)n2C(C)C)n1. The summed E-state index contributed by atoms with van der Waals surface area (Å²) in [5.74, 6) is 2.15. The number of thioether (sulfide) groups is 1. The second-order valence-electron chi connectivity index (χ2n) is 6.82. The Kier molecular flexibility index (Phi) is 5.67. The van der Waals surface area contributed by atoms with Gasteiger partial charge in [0.15, 0.2) is 11.0 Å². The minimum absolute atomic E-state index is 0.0169. The second-order valence-corrected chi connectivity index (χ2v) is 8.19. The van der Waals surface area contributed by atoms with Crippen LogP contribution in [-0.2, 0) is 12.2 Å². The van der Waals surface area contributed by atoms with Gasteiger partial charge in [-0.2, -0.15) is 4.98 Å². The van der Waals surface area contributed by atoms with Gasteiger partial charge in [-0.25, -0.2) is 4.98 Å². The summed E-state index contributed by atoms with van der Waals surface area (Å²) in [7, 11) is 0. The topological polar surface area (TPSA) is 73.8 Å². The molecule has 3 rings (SSSR count). The predicted octanol–water partition coefficient (Wildman–Crippen LogP) is 4.50. The van der Waals surface area contributed by atoms with Crippen LogP contribution in [0.5, 0.6) is 0 Å². The third kappa shape index (κ3) is 4.10. The van der Waals surface area contributed by atoms with Crippen LogP contribution in [0.1, 0.15) is 45.5 Å². The molecule has 1 aromatic carbocycles. The van der Waals surface area contributed by atoms with Gasteiger partial charge in [0.2, 0.25) is 5.89 Å². The zero-order valence-corrected chi connectivity index (χ0v) is 16.8. The van der Waals surface area contributed by atoms with Gasteiger partial charge in [-0.1, -0.05) is 42.4 Å². The first kappa shape index (κ1) is 18.9. The van der Waals surface area contributed by atoms with Crippen molar-refractivity contribution in [3.05, 3.63) is 45.3 Å². The van der Waals surface area contributed by atoms with Crippen LogP contribution in [-0.4, -0.2) is 19.7 Å². The number of hydrogen-bond acceptors (Lipinski definition) is 6. The van der Waals surface area contributed by atoms with Crippen LogP contribution in [0.2, 0.25) is 5.02 Å². The van der Waals surface area contributed by atoms with Gasteiger partial charge >= 0.3 is 0 Å². The summed E-state index contributed by atoms with van der Waals surface area (Å²) in [5, 5.41) is 5.73. The van der Waals surface area contributed by atoms with E-state index in [1.807, 2.05) is 13.8 Å². The Labute approximate surface area is 161 Å². The molecule has 0 bridgehead atoms. The molecule has 0 atom stereocenters. The average Bonchev–Trinajstić information content (AvgIpc) is 2.98. The van der Waals surface area contributed by atoms with Crippen molar-refractivity contribution in [3.8, 4) is 0 Å². The maximum atomic E-state index is 12.9. The highest BCUT2D eigenvalue weighted by atomic mass is 35.5. The van der Waals surface area contributed by atoms with Gasteiger partial charge in [0.25, 0.3) is 5.56 Å². The highest BCUT2D eigenvalue weighted by molar-refractivity contribution is 7.98. The molecule has 0 unspecified atom stereocenters. The van der Waals surface area contributed by atoms with Crippen LogP contribution in [0.3, 0.4) is 0 Å². The van der Waals surface area contributed by atoms with Crippen molar-refractivity contribution in [2.45, 2.75) is 51.1 Å². The van der Waals surface area contributed by atoms with Crippen LogP contribution >= 0.6 is 23.4 Å². The number of aromatic nitrogens is 4. The summed E-state index contributed by atoms with van der Waals surface area (Å²) in [6, 6.07) is 5.12. The molecule has 0 amide bonds. The summed E-state index contributed by atoms with van der Waals surface area (Å²) in [5.41, 5.74) is 0.517. The first-order chi connectivity index (χ1) is 12.3. The zero-order valence-electron chi connectivity index (χ0n) is 15.2. The first-order valence-electron chi connectivity index (χ1n) is 8.51. The molecule has 0 saturated heterocycles. The standard InChI is InChI=1S/C18H21ClN4O2S/c1-10(2)7-15-21-16(25-22-15)9-26-18-20-14-8-12(19)5-6-13(14)17(24)23(18)11(3)4/h5-6,8,10-11H,7,9H2,1-4H3. The summed E-state index contributed by atoms with van der Waals surface area (Å²) < 4.78 is 6.99. The molecule has 0 N–H and O–H groups in total. The number of rotatable bonds is 6. The molecule has 26 heavy (non-hydrogen) atoms. The zero-order chi connectivity index (χ0) is 18.8. The molecule has 0 fully saturated rings. The van der Waals surface area contributed by atoms with Gasteiger partial charge in [0.05, 0.1) is 16.7 Å². The summed E-state index contributed by atoms with van der Waals surface area (Å²) in [4.78, 5) is 21.9. The van der Waals surface area contributed by atoms with E-state index in [2.05, 4.69) is 29.0 Å². The molecule has 3 aromatic rings. The lowest BCUT2D eigenvalue weighted by Gasteiger charge is -2.15. The molecule has 0 spiro atoms. The molecular weight excluding hydrogens is 372 g/mol. The van der Waals surface area contributed by atoms with Gasteiger partial charge in [0.1, 0.15) is 0 Å². The van der Waals surface area contributed by atoms with Crippen molar-refractivity contribution in [3.63, 3.8) is 0 Å². The van der Waals surface area contributed by atoms with E-state index in [-0.39, 0.29) is 11.6 Å². The molecule has 0 aliphatic heterocycles. The maximum Gasteiger partial charge on any atom is 0.262 e. The molecule has 8 heteroatoms. The minimum atomic E-state index is -0.0739. The lowest BCUT2D eigenvalue weighted by atomic mass is 10.1. The molecule has 0 aliphatic rings. The predicted molar refractivity (Wildman–Crippen MR) is 104 cm³/mol. The maximum absolute atomic E-state index is 12.9. The van der Waals surface area contributed by atoms with Gasteiger partial charge in [-0.15, -0.1) is 0 Å². The van der Waals surface area contributed by atoms with Gasteiger partial charge in [-0.3, -0.25) is 9.36 Å². The third-order valence-corrected chi connectivity index (χ3v) is 4.95. The highest BCUT2D eigenvalue weighted by Crippen LogP contribution is 2.25. The quantitative estimate of drug-likeness (QED) is 0.454. The van der Waals surface area contributed by atoms with E-state index in [4.69, 9.17) is 16.1 Å². The second kappa shape index (κ2) is 7.80. The Balaban J connectivity index is 1.92. The summed E-state index contributed by atoms with van der Waals surface area (Å²) in [6.07, 6.45) is 0.775. The van der Waals surface area contributed by atoms with E-state index in [1.54, 1.807) is 22.8 Å². The lowest BCUT2D eigenvalue weighted by Crippen LogP contribution is -2.25. The molecule has 2 aromatic heterocycles. The number of benzene rings is 1. The average molecular weight is 393 g/mol. The summed E-state index contributed by atoms with van der Waals surface area (Å²) in [6.45, 7) is 8.14. The Bertz CT molecular complexity index is 981. The van der Waals surface area contributed by atoms with Crippen LogP contribution < -0.4 is 5.56 Å². The summed E-state index contributed by atoms with van der Waals surface area (Å²) >= 11 is 7.46.